The summed E-state index contributed by atoms with van der Waals surface area (Å²) in [5.74, 6) is 0. The Morgan fingerprint density at radius 1 is 1.14 bits per heavy atom. The Kier molecular flexibility index (Phi) is 5.09. The van der Waals surface area contributed by atoms with Gasteiger partial charge in [-0.15, -0.1) is 0 Å². The maximum atomic E-state index is 4.09. The van der Waals surface area contributed by atoms with Gasteiger partial charge in [0.2, 0.25) is 0 Å². The molecule has 0 fully saturated rings. The molecule has 78 valence electrons. The summed E-state index contributed by atoms with van der Waals surface area (Å²) in [6.07, 6.45) is 0.963. The van der Waals surface area contributed by atoms with Crippen LogP contribution in [0.25, 0.3) is 0 Å². The van der Waals surface area contributed by atoms with E-state index in [1.54, 1.807) is 0 Å². The fraction of sp³-hybridized carbons (Fsp3) is 0.333. The second kappa shape index (κ2) is 5.32. The fourth-order valence-electron chi connectivity index (χ4n) is 1.07. The molecule has 0 bridgehead atoms. The molecule has 0 unspecified atom stereocenters. The quantitative estimate of drug-likeness (QED) is 0.637. The first-order chi connectivity index (χ1) is 6.00. The first kappa shape index (κ1) is 13.4. The van der Waals surface area contributed by atoms with E-state index in [9.17, 15) is 0 Å². The molecule has 14 heavy (non-hydrogen) atoms. The van der Waals surface area contributed by atoms with Gasteiger partial charge in [-0.2, -0.15) is 0 Å². The lowest BCUT2D eigenvalue weighted by Crippen LogP contribution is -3.00. The Labute approximate surface area is 97.4 Å². The van der Waals surface area contributed by atoms with E-state index in [0.717, 1.165) is 10.9 Å². The number of hydrogen-bond donors (Lipinski definition) is 0. The highest BCUT2D eigenvalue weighted by Gasteiger charge is 2.13. The van der Waals surface area contributed by atoms with E-state index in [1.165, 1.54) is 11.3 Å². The Morgan fingerprint density at radius 2 is 1.64 bits per heavy atom. The molecule has 1 nitrogen and oxygen atoms in total. The molecule has 0 heterocycles. The van der Waals surface area contributed by atoms with Gasteiger partial charge in [0.05, 0.1) is 21.1 Å². The molecule has 1 aromatic rings. The number of hydrogen-bond acceptors (Lipinski definition) is 0. The smallest absolute Gasteiger partial charge is 0.105 e. The van der Waals surface area contributed by atoms with Crippen LogP contribution in [0.15, 0.2) is 42.6 Å². The number of nitrogens with zero attached hydrogens (tertiary/aromatic N) is 1. The van der Waals surface area contributed by atoms with Crippen molar-refractivity contribution in [3.8, 4) is 0 Å². The van der Waals surface area contributed by atoms with Crippen LogP contribution in [-0.2, 0) is 6.42 Å². The molecule has 0 aliphatic heterocycles. The van der Waals surface area contributed by atoms with Gasteiger partial charge in [0.1, 0.15) is 5.70 Å². The van der Waals surface area contributed by atoms with Crippen LogP contribution < -0.4 is 17.0 Å². The maximum Gasteiger partial charge on any atom is 0.105 e. The number of allylic oxidation sites excluding steroid dienone is 1. The van der Waals surface area contributed by atoms with Crippen molar-refractivity contribution in [2.24, 2.45) is 0 Å². The van der Waals surface area contributed by atoms with E-state index in [-0.39, 0.29) is 17.0 Å². The monoisotopic (exact) mass is 255 g/mol. The topological polar surface area (TPSA) is 0 Å². The van der Waals surface area contributed by atoms with Crippen LogP contribution in [0.2, 0.25) is 0 Å². The van der Waals surface area contributed by atoms with Crippen molar-refractivity contribution in [2.75, 3.05) is 21.1 Å². The van der Waals surface area contributed by atoms with Gasteiger partial charge >= 0.3 is 0 Å². The molecule has 0 atom stereocenters. The third-order valence-corrected chi connectivity index (χ3v) is 2.20. The van der Waals surface area contributed by atoms with Gasteiger partial charge in [-0.3, -0.25) is 0 Å². The van der Waals surface area contributed by atoms with Gasteiger partial charge in [0.15, 0.2) is 0 Å². The summed E-state index contributed by atoms with van der Waals surface area (Å²) in [6, 6.07) is 10.5. The summed E-state index contributed by atoms with van der Waals surface area (Å²) in [5.41, 5.74) is 2.56. The molecular weight excluding hydrogens is 238 g/mol. The maximum absolute atomic E-state index is 4.09. The predicted molar refractivity (Wildman–Crippen MR) is 57.3 cm³/mol. The van der Waals surface area contributed by atoms with E-state index >= 15 is 0 Å². The van der Waals surface area contributed by atoms with Crippen LogP contribution >= 0.6 is 0 Å². The molecule has 0 saturated heterocycles. The van der Waals surface area contributed by atoms with Gasteiger partial charge < -0.3 is 21.5 Å². The molecule has 0 aliphatic carbocycles. The van der Waals surface area contributed by atoms with Gasteiger partial charge in [0, 0.05) is 6.42 Å². The van der Waals surface area contributed by atoms with Crippen molar-refractivity contribution >= 4 is 0 Å². The molecule has 0 aliphatic rings. The number of benzene rings is 1. The number of likely N-dealkylation sites (N-methyl/N-ethyl adjacent to an activating group) is 1. The molecular formula is C12H18BrN. The zero-order valence-corrected chi connectivity index (χ0v) is 10.7. The minimum atomic E-state index is 0. The van der Waals surface area contributed by atoms with Gasteiger partial charge in [-0.05, 0) is 12.1 Å². The molecule has 0 radical (unpaired) electrons. The fourth-order valence-corrected chi connectivity index (χ4v) is 1.07. The summed E-state index contributed by atoms with van der Waals surface area (Å²) in [4.78, 5) is 0. The summed E-state index contributed by atoms with van der Waals surface area (Å²) in [6.45, 7) is 4.09. The molecule has 0 saturated carbocycles. The van der Waals surface area contributed by atoms with E-state index in [2.05, 4.69) is 52.0 Å². The minimum absolute atomic E-state index is 0. The van der Waals surface area contributed by atoms with Crippen LogP contribution in [0.5, 0.6) is 0 Å². The van der Waals surface area contributed by atoms with Crippen molar-refractivity contribution in [1.29, 1.82) is 0 Å². The second-order valence-corrected chi connectivity index (χ2v) is 4.24. The third-order valence-electron chi connectivity index (χ3n) is 2.20. The van der Waals surface area contributed by atoms with Crippen molar-refractivity contribution in [3.63, 3.8) is 0 Å². The largest absolute Gasteiger partial charge is 1.00 e. The molecule has 0 spiro atoms. The highest BCUT2D eigenvalue weighted by atomic mass is 79.9. The molecule has 2 heteroatoms. The van der Waals surface area contributed by atoms with E-state index in [0.29, 0.717) is 0 Å². The zero-order valence-electron chi connectivity index (χ0n) is 9.13. The summed E-state index contributed by atoms with van der Waals surface area (Å²) >= 11 is 0. The molecule has 0 amide bonds. The lowest BCUT2D eigenvalue weighted by molar-refractivity contribution is -0.832. The Morgan fingerprint density at radius 3 is 2.07 bits per heavy atom. The first-order valence-corrected chi connectivity index (χ1v) is 4.54. The van der Waals surface area contributed by atoms with Crippen molar-refractivity contribution in [2.45, 2.75) is 6.42 Å². The van der Waals surface area contributed by atoms with E-state index in [1.807, 2.05) is 6.07 Å². The zero-order chi connectivity index (χ0) is 9.90. The van der Waals surface area contributed by atoms with E-state index < -0.39 is 0 Å². The Hall–Kier alpha value is -0.600. The average Bonchev–Trinajstić information content (AvgIpc) is 2.04. The molecule has 0 aromatic heterocycles. The SMILES string of the molecule is C=C(Cc1ccccc1)[N+](C)(C)C.[Br-]. The molecule has 0 N–H and O–H groups in total. The van der Waals surface area contributed by atoms with Gasteiger partial charge in [-0.25, -0.2) is 0 Å². The minimum Gasteiger partial charge on any atom is -1.00 e. The van der Waals surface area contributed by atoms with Crippen LogP contribution in [0.1, 0.15) is 5.56 Å². The standard InChI is InChI=1S/C12H18N.BrH/c1-11(13(2,3)4)10-12-8-6-5-7-9-12;/h5-9H,1,10H2,2-4H3;1H/q+1;/p-1. The summed E-state index contributed by atoms with van der Waals surface area (Å²) < 4.78 is 0.828. The number of halogens is 1. The second-order valence-electron chi connectivity index (χ2n) is 4.24. The van der Waals surface area contributed by atoms with Gasteiger partial charge in [-0.1, -0.05) is 30.3 Å². The Balaban J connectivity index is 0.00000169. The molecule has 1 rings (SSSR count). The Bertz CT molecular complexity index is 285. The van der Waals surface area contributed by atoms with Crippen LogP contribution in [-0.4, -0.2) is 25.6 Å². The third kappa shape index (κ3) is 4.07. The summed E-state index contributed by atoms with van der Waals surface area (Å²) in [5, 5.41) is 0. The van der Waals surface area contributed by atoms with Crippen molar-refractivity contribution in [3.05, 3.63) is 48.2 Å². The number of rotatable bonds is 3. The van der Waals surface area contributed by atoms with E-state index in [4.69, 9.17) is 0 Å². The number of quaternary nitrogens is 1. The predicted octanol–water partition coefficient (Wildman–Crippen LogP) is -0.547. The summed E-state index contributed by atoms with van der Waals surface area (Å²) in [7, 11) is 6.43. The average molecular weight is 256 g/mol. The van der Waals surface area contributed by atoms with Crippen LogP contribution in [0, 0.1) is 0 Å². The van der Waals surface area contributed by atoms with Crippen molar-refractivity contribution < 1.29 is 21.5 Å². The highest BCUT2D eigenvalue weighted by molar-refractivity contribution is 5.18. The lowest BCUT2D eigenvalue weighted by atomic mass is 10.1. The van der Waals surface area contributed by atoms with Gasteiger partial charge in [0.25, 0.3) is 0 Å². The first-order valence-electron chi connectivity index (χ1n) is 4.54. The molecule has 1 aromatic carbocycles. The highest BCUT2D eigenvalue weighted by Crippen LogP contribution is 2.12. The van der Waals surface area contributed by atoms with Crippen molar-refractivity contribution in [1.82, 2.24) is 0 Å². The normalized spacial score (nSPS) is 10.5. The lowest BCUT2D eigenvalue weighted by Gasteiger charge is -2.25. The van der Waals surface area contributed by atoms with Crippen LogP contribution in [0.3, 0.4) is 0 Å². The van der Waals surface area contributed by atoms with Crippen LogP contribution in [0.4, 0.5) is 0 Å².